The Hall–Kier alpha value is -1.32. The van der Waals surface area contributed by atoms with Crippen LogP contribution in [0, 0.1) is 11.8 Å². The van der Waals surface area contributed by atoms with Crippen LogP contribution in [0.25, 0.3) is 0 Å². The Morgan fingerprint density at radius 1 is 1.37 bits per heavy atom. The fraction of sp³-hybridized carbons (Fsp3) is 0.733. The summed E-state index contributed by atoms with van der Waals surface area (Å²) in [5.41, 5.74) is 0.650. The van der Waals surface area contributed by atoms with Gasteiger partial charge in [0.1, 0.15) is 5.69 Å². The van der Waals surface area contributed by atoms with Crippen molar-refractivity contribution in [3.05, 3.63) is 11.9 Å². The Morgan fingerprint density at radius 3 is 2.53 bits per heavy atom. The lowest BCUT2D eigenvalue weighted by Crippen LogP contribution is -2.24. The minimum atomic E-state index is 0.138. The van der Waals surface area contributed by atoms with Gasteiger partial charge in [0.05, 0.1) is 13.3 Å². The number of nitrogens with zero attached hydrogens (tertiary/aromatic N) is 2. The minimum Gasteiger partial charge on any atom is -0.493 e. The van der Waals surface area contributed by atoms with E-state index in [2.05, 4.69) is 12.0 Å². The third-order valence-corrected chi connectivity index (χ3v) is 4.09. The molecule has 1 heterocycles. The zero-order chi connectivity index (χ0) is 14.0. The molecule has 1 aromatic heterocycles. The van der Waals surface area contributed by atoms with E-state index in [9.17, 15) is 4.79 Å². The summed E-state index contributed by atoms with van der Waals surface area (Å²) >= 11 is 0. The largest absolute Gasteiger partial charge is 0.493 e. The molecule has 0 N–H and O–H groups in total. The summed E-state index contributed by atoms with van der Waals surface area (Å²) in [6, 6.07) is 0.172. The first kappa shape index (κ1) is 14.1. The molecule has 1 aromatic rings. The van der Waals surface area contributed by atoms with Crippen LogP contribution in [0.15, 0.2) is 6.20 Å². The van der Waals surface area contributed by atoms with Gasteiger partial charge in [-0.15, -0.1) is 0 Å². The van der Waals surface area contributed by atoms with E-state index in [1.807, 2.05) is 13.8 Å². The summed E-state index contributed by atoms with van der Waals surface area (Å²) in [6.45, 7) is 6.33. The van der Waals surface area contributed by atoms with E-state index in [0.29, 0.717) is 11.4 Å². The van der Waals surface area contributed by atoms with Crippen molar-refractivity contribution in [2.45, 2.75) is 52.5 Å². The summed E-state index contributed by atoms with van der Waals surface area (Å²) in [5.74, 6) is 1.70. The molecule has 0 saturated heterocycles. The summed E-state index contributed by atoms with van der Waals surface area (Å²) in [7, 11) is 1.60. The lowest BCUT2D eigenvalue weighted by Gasteiger charge is -2.25. The second-order valence-corrected chi connectivity index (χ2v) is 5.92. The lowest BCUT2D eigenvalue weighted by molar-refractivity contribution is 0.0859. The van der Waals surface area contributed by atoms with Crippen molar-refractivity contribution in [2.24, 2.45) is 11.8 Å². The number of aromatic nitrogens is 2. The van der Waals surface area contributed by atoms with Gasteiger partial charge in [-0.25, -0.2) is 0 Å². The maximum atomic E-state index is 12.7. The van der Waals surface area contributed by atoms with Crippen LogP contribution >= 0.6 is 0 Å². The average Bonchev–Trinajstić information content (AvgIpc) is 2.82. The van der Waals surface area contributed by atoms with Crippen molar-refractivity contribution in [1.29, 1.82) is 0 Å². The summed E-state index contributed by atoms with van der Waals surface area (Å²) < 4.78 is 7.10. The highest BCUT2D eigenvalue weighted by atomic mass is 16.5. The van der Waals surface area contributed by atoms with Crippen LogP contribution in [0.3, 0.4) is 0 Å². The van der Waals surface area contributed by atoms with Gasteiger partial charge in [-0.3, -0.25) is 9.48 Å². The second-order valence-electron chi connectivity index (χ2n) is 5.92. The second kappa shape index (κ2) is 5.76. The lowest BCUT2D eigenvalue weighted by atomic mass is 9.80. The van der Waals surface area contributed by atoms with E-state index >= 15 is 0 Å². The molecule has 0 unspecified atom stereocenters. The van der Waals surface area contributed by atoms with Crippen LogP contribution in [0.5, 0.6) is 5.75 Å². The quantitative estimate of drug-likeness (QED) is 0.782. The summed E-state index contributed by atoms with van der Waals surface area (Å²) in [5, 5.41) is 4.29. The Bertz CT molecular complexity index is 443. The Morgan fingerprint density at radius 2 is 2.00 bits per heavy atom. The van der Waals surface area contributed by atoms with Gasteiger partial charge in [0.2, 0.25) is 0 Å². The Kier molecular flexibility index (Phi) is 4.27. The zero-order valence-corrected chi connectivity index (χ0v) is 12.3. The number of methoxy groups -OCH3 is 1. The van der Waals surface area contributed by atoms with Crippen molar-refractivity contribution in [3.63, 3.8) is 0 Å². The molecule has 0 radical (unpaired) electrons. The fourth-order valence-corrected chi connectivity index (χ4v) is 2.84. The number of hydrogen-bond donors (Lipinski definition) is 0. The summed E-state index contributed by atoms with van der Waals surface area (Å²) in [4.78, 5) is 12.7. The molecule has 4 nitrogen and oxygen atoms in total. The van der Waals surface area contributed by atoms with Gasteiger partial charge in [-0.05, 0) is 32.6 Å². The van der Waals surface area contributed by atoms with Gasteiger partial charge in [-0.1, -0.05) is 19.8 Å². The van der Waals surface area contributed by atoms with Crippen LogP contribution in [0.2, 0.25) is 0 Å². The first-order valence-electron chi connectivity index (χ1n) is 7.20. The molecular formula is C15H24N2O2. The normalized spacial score (nSPS) is 23.6. The maximum Gasteiger partial charge on any atom is 0.187 e. The number of carbonyl (C=O) groups excluding carboxylic acids is 1. The fourth-order valence-electron chi connectivity index (χ4n) is 2.84. The van der Waals surface area contributed by atoms with Crippen LogP contribution in [-0.4, -0.2) is 22.7 Å². The highest BCUT2D eigenvalue weighted by Gasteiger charge is 2.30. The van der Waals surface area contributed by atoms with E-state index in [0.717, 1.165) is 31.6 Å². The van der Waals surface area contributed by atoms with Gasteiger partial charge in [0, 0.05) is 12.0 Å². The molecule has 1 fully saturated rings. The van der Waals surface area contributed by atoms with E-state index < -0.39 is 0 Å². The third kappa shape index (κ3) is 2.82. The molecule has 0 bridgehead atoms. The molecule has 0 amide bonds. The number of hydrogen-bond acceptors (Lipinski definition) is 3. The number of carbonyl (C=O) groups is 1. The van der Waals surface area contributed by atoms with Gasteiger partial charge >= 0.3 is 0 Å². The van der Waals surface area contributed by atoms with Gasteiger partial charge in [0.25, 0.3) is 0 Å². The Balaban J connectivity index is 2.25. The predicted octanol–water partition coefficient (Wildman–Crippen LogP) is 3.48. The number of ketones is 1. The molecular weight excluding hydrogens is 240 g/mol. The Labute approximate surface area is 115 Å². The average molecular weight is 264 g/mol. The molecule has 4 heteroatoms. The standard InChI is InChI=1S/C15H24N2O2/c1-10(2)17-14(13(19-4)9-16-17)15(18)12-7-5-11(3)6-8-12/h9-12H,5-8H2,1-4H3. The van der Waals surface area contributed by atoms with Crippen molar-refractivity contribution in [1.82, 2.24) is 9.78 Å². The highest BCUT2D eigenvalue weighted by molar-refractivity contribution is 5.98. The SMILES string of the molecule is COc1cnn(C(C)C)c1C(=O)C1CCC(C)CC1. The topological polar surface area (TPSA) is 44.1 Å². The van der Waals surface area contributed by atoms with E-state index in [1.54, 1.807) is 18.0 Å². The van der Waals surface area contributed by atoms with Crippen LogP contribution in [0.1, 0.15) is 63.0 Å². The van der Waals surface area contributed by atoms with E-state index in [-0.39, 0.29) is 17.7 Å². The van der Waals surface area contributed by atoms with Crippen LogP contribution in [-0.2, 0) is 0 Å². The van der Waals surface area contributed by atoms with Crippen LogP contribution in [0.4, 0.5) is 0 Å². The number of ether oxygens (including phenoxy) is 1. The molecule has 106 valence electrons. The van der Waals surface area contributed by atoms with Gasteiger partial charge in [0.15, 0.2) is 11.5 Å². The highest BCUT2D eigenvalue weighted by Crippen LogP contribution is 2.33. The molecule has 0 aliphatic heterocycles. The molecule has 0 aromatic carbocycles. The van der Waals surface area contributed by atoms with Crippen molar-refractivity contribution in [2.75, 3.05) is 7.11 Å². The predicted molar refractivity (Wildman–Crippen MR) is 74.6 cm³/mol. The minimum absolute atomic E-state index is 0.138. The number of Topliss-reactive ketones (excluding diaryl/α,β-unsaturated/α-hetero) is 1. The van der Waals surface area contributed by atoms with Gasteiger partial charge in [-0.2, -0.15) is 5.10 Å². The molecule has 1 aliphatic rings. The molecule has 2 rings (SSSR count). The maximum absolute atomic E-state index is 12.7. The smallest absolute Gasteiger partial charge is 0.187 e. The van der Waals surface area contributed by atoms with Crippen molar-refractivity contribution in [3.8, 4) is 5.75 Å². The summed E-state index contributed by atoms with van der Waals surface area (Å²) in [6.07, 6.45) is 5.93. The molecule has 1 saturated carbocycles. The zero-order valence-electron chi connectivity index (χ0n) is 12.3. The molecule has 0 atom stereocenters. The first-order chi connectivity index (χ1) is 9.04. The molecule has 1 aliphatic carbocycles. The van der Waals surface area contributed by atoms with E-state index in [1.165, 1.54) is 0 Å². The third-order valence-electron chi connectivity index (χ3n) is 4.09. The van der Waals surface area contributed by atoms with E-state index in [4.69, 9.17) is 4.74 Å². The first-order valence-corrected chi connectivity index (χ1v) is 7.20. The number of rotatable bonds is 4. The van der Waals surface area contributed by atoms with Crippen LogP contribution < -0.4 is 4.74 Å². The van der Waals surface area contributed by atoms with Crippen molar-refractivity contribution >= 4 is 5.78 Å². The molecule has 19 heavy (non-hydrogen) atoms. The van der Waals surface area contributed by atoms with Gasteiger partial charge < -0.3 is 4.74 Å². The molecule has 0 spiro atoms. The monoisotopic (exact) mass is 264 g/mol. The van der Waals surface area contributed by atoms with Crippen molar-refractivity contribution < 1.29 is 9.53 Å².